The van der Waals surface area contributed by atoms with E-state index < -0.39 is 0 Å². The van der Waals surface area contributed by atoms with E-state index in [2.05, 4.69) is 31.7 Å². The van der Waals surface area contributed by atoms with Crippen LogP contribution in [0.4, 0.5) is 5.69 Å². The number of H-pyrrole nitrogens is 1. The van der Waals surface area contributed by atoms with Gasteiger partial charge in [0.25, 0.3) is 0 Å². The number of aryl methyl sites for hydroxylation is 2. The van der Waals surface area contributed by atoms with Crippen LogP contribution in [0.15, 0.2) is 11.1 Å². The summed E-state index contributed by atoms with van der Waals surface area (Å²) in [5.74, 6) is 1.56. The number of imidazole rings is 1. The Kier molecular flexibility index (Phi) is 2.60. The summed E-state index contributed by atoms with van der Waals surface area (Å²) >= 11 is 0. The third-order valence-electron chi connectivity index (χ3n) is 3.19. The van der Waals surface area contributed by atoms with Crippen LogP contribution in [0.2, 0.25) is 0 Å². The molecule has 0 radical (unpaired) electrons. The van der Waals surface area contributed by atoms with Crippen LogP contribution in [0.25, 0.3) is 11.0 Å². The molecular formula is C13H14N6. The first-order valence-electron chi connectivity index (χ1n) is 6.14. The molecule has 0 saturated carbocycles. The van der Waals surface area contributed by atoms with E-state index >= 15 is 0 Å². The van der Waals surface area contributed by atoms with Gasteiger partial charge in [0.15, 0.2) is 5.96 Å². The predicted molar refractivity (Wildman–Crippen MR) is 74.2 cm³/mol. The average Bonchev–Trinajstić information content (AvgIpc) is 3.02. The molecule has 96 valence electrons. The molecule has 2 aromatic rings. The van der Waals surface area contributed by atoms with Crippen molar-refractivity contribution in [2.24, 2.45) is 4.99 Å². The van der Waals surface area contributed by atoms with Gasteiger partial charge in [-0.05, 0) is 19.9 Å². The van der Waals surface area contributed by atoms with Crippen LogP contribution in [0, 0.1) is 25.2 Å². The first-order valence-corrected chi connectivity index (χ1v) is 6.14. The minimum absolute atomic E-state index is 0.585. The standard InChI is InChI=1S/C13H14N6/c1-7-10(19-13-15-3-4-16-13)5-9(6-14)12-11(7)17-8(2)18-12/h5H,3-4H2,1-2H3,(H,17,18)(H2,15,16,19). The van der Waals surface area contributed by atoms with Crippen molar-refractivity contribution in [1.29, 1.82) is 5.26 Å². The zero-order valence-corrected chi connectivity index (χ0v) is 10.8. The van der Waals surface area contributed by atoms with Crippen molar-refractivity contribution < 1.29 is 0 Å². The largest absolute Gasteiger partial charge is 0.354 e. The number of benzene rings is 1. The summed E-state index contributed by atoms with van der Waals surface area (Å²) in [6.45, 7) is 5.49. The van der Waals surface area contributed by atoms with Gasteiger partial charge >= 0.3 is 0 Å². The molecule has 1 aliphatic rings. The van der Waals surface area contributed by atoms with Gasteiger partial charge < -0.3 is 15.6 Å². The van der Waals surface area contributed by atoms with E-state index in [4.69, 9.17) is 0 Å². The molecule has 1 aliphatic heterocycles. The summed E-state index contributed by atoms with van der Waals surface area (Å²) in [7, 11) is 0. The number of guanidine groups is 1. The lowest BCUT2D eigenvalue weighted by Gasteiger charge is -2.10. The topological polar surface area (TPSA) is 88.9 Å². The van der Waals surface area contributed by atoms with Crippen molar-refractivity contribution in [3.05, 3.63) is 23.0 Å². The molecule has 3 rings (SSSR count). The number of nitrogens with zero attached hydrogens (tertiary/aromatic N) is 3. The molecular weight excluding hydrogens is 240 g/mol. The van der Waals surface area contributed by atoms with E-state index in [0.29, 0.717) is 5.56 Å². The number of anilines is 1. The fourth-order valence-electron chi connectivity index (χ4n) is 2.24. The monoisotopic (exact) mass is 254 g/mol. The molecule has 0 atom stereocenters. The molecule has 0 aliphatic carbocycles. The Morgan fingerprint density at radius 1 is 1.42 bits per heavy atom. The Labute approximate surface area is 110 Å². The highest BCUT2D eigenvalue weighted by Crippen LogP contribution is 2.27. The van der Waals surface area contributed by atoms with Gasteiger partial charge in [-0.2, -0.15) is 5.26 Å². The first-order chi connectivity index (χ1) is 9.19. The number of rotatable bonds is 1. The Balaban J connectivity index is 2.14. The van der Waals surface area contributed by atoms with Crippen molar-refractivity contribution >= 4 is 22.7 Å². The summed E-state index contributed by atoms with van der Waals surface area (Å²) in [5, 5.41) is 15.6. The van der Waals surface area contributed by atoms with Crippen molar-refractivity contribution in [2.45, 2.75) is 13.8 Å². The highest BCUT2D eigenvalue weighted by atomic mass is 15.2. The quantitative estimate of drug-likeness (QED) is 0.718. The molecule has 0 fully saturated rings. The molecule has 0 bridgehead atoms. The summed E-state index contributed by atoms with van der Waals surface area (Å²) < 4.78 is 0. The van der Waals surface area contributed by atoms with Gasteiger partial charge in [-0.15, -0.1) is 0 Å². The van der Waals surface area contributed by atoms with E-state index in [1.165, 1.54) is 0 Å². The maximum absolute atomic E-state index is 9.25. The zero-order chi connectivity index (χ0) is 13.4. The number of nitrogens with one attached hydrogen (secondary N) is 3. The second-order valence-electron chi connectivity index (χ2n) is 4.54. The third kappa shape index (κ3) is 1.89. The molecule has 3 N–H and O–H groups in total. The van der Waals surface area contributed by atoms with Crippen LogP contribution in [0.5, 0.6) is 0 Å². The number of fused-ring (bicyclic) bond motifs is 1. The zero-order valence-electron chi connectivity index (χ0n) is 10.8. The number of hydrogen-bond donors (Lipinski definition) is 3. The summed E-state index contributed by atoms with van der Waals surface area (Å²) in [5.41, 5.74) is 4.09. The van der Waals surface area contributed by atoms with Crippen molar-refractivity contribution in [2.75, 3.05) is 18.4 Å². The number of aromatic nitrogens is 2. The number of aromatic amines is 1. The maximum atomic E-state index is 9.25. The first kappa shape index (κ1) is 11.5. The summed E-state index contributed by atoms with van der Waals surface area (Å²) in [6.07, 6.45) is 0. The molecule has 19 heavy (non-hydrogen) atoms. The van der Waals surface area contributed by atoms with Gasteiger partial charge in [0.05, 0.1) is 23.1 Å². The number of nitriles is 1. The van der Waals surface area contributed by atoms with Crippen LogP contribution in [0.1, 0.15) is 17.0 Å². The van der Waals surface area contributed by atoms with E-state index in [0.717, 1.165) is 47.2 Å². The van der Waals surface area contributed by atoms with E-state index in [9.17, 15) is 5.26 Å². The van der Waals surface area contributed by atoms with Gasteiger partial charge in [0.1, 0.15) is 11.9 Å². The van der Waals surface area contributed by atoms with Crippen molar-refractivity contribution in [3.8, 4) is 6.07 Å². The van der Waals surface area contributed by atoms with Crippen LogP contribution in [-0.4, -0.2) is 29.0 Å². The fourth-order valence-corrected chi connectivity index (χ4v) is 2.24. The predicted octanol–water partition coefficient (Wildman–Crippen LogP) is 1.42. The van der Waals surface area contributed by atoms with E-state index in [1.54, 1.807) is 0 Å². The number of hydrogen-bond acceptors (Lipinski definition) is 5. The van der Waals surface area contributed by atoms with Gasteiger partial charge in [-0.3, -0.25) is 4.99 Å². The van der Waals surface area contributed by atoms with Crippen LogP contribution < -0.4 is 10.6 Å². The van der Waals surface area contributed by atoms with E-state index in [-0.39, 0.29) is 0 Å². The lowest BCUT2D eigenvalue weighted by molar-refractivity contribution is 0.959. The minimum Gasteiger partial charge on any atom is -0.354 e. The van der Waals surface area contributed by atoms with Gasteiger partial charge in [-0.1, -0.05) is 0 Å². The van der Waals surface area contributed by atoms with Gasteiger partial charge in [-0.25, -0.2) is 4.98 Å². The summed E-state index contributed by atoms with van der Waals surface area (Å²) in [6, 6.07) is 4.04. The third-order valence-corrected chi connectivity index (χ3v) is 3.19. The molecule has 1 aromatic carbocycles. The Morgan fingerprint density at radius 2 is 2.26 bits per heavy atom. The van der Waals surface area contributed by atoms with Crippen LogP contribution >= 0.6 is 0 Å². The smallest absolute Gasteiger partial charge is 0.195 e. The average molecular weight is 254 g/mol. The van der Waals surface area contributed by atoms with Crippen LogP contribution in [0.3, 0.4) is 0 Å². The number of aliphatic imine (C=N–C) groups is 1. The summed E-state index contributed by atoms with van der Waals surface area (Å²) in [4.78, 5) is 11.9. The fraction of sp³-hybridized carbons (Fsp3) is 0.308. The lowest BCUT2D eigenvalue weighted by Crippen LogP contribution is -2.26. The minimum atomic E-state index is 0.585. The second-order valence-corrected chi connectivity index (χ2v) is 4.54. The van der Waals surface area contributed by atoms with Crippen molar-refractivity contribution in [3.63, 3.8) is 0 Å². The molecule has 2 heterocycles. The second kappa shape index (κ2) is 4.28. The molecule has 1 aromatic heterocycles. The SMILES string of the molecule is Cc1nc2c(C)c(NC3=NCCN3)cc(C#N)c2[nH]1. The van der Waals surface area contributed by atoms with Crippen LogP contribution in [-0.2, 0) is 0 Å². The van der Waals surface area contributed by atoms with Crippen molar-refractivity contribution in [1.82, 2.24) is 15.3 Å². The Bertz CT molecular complexity index is 719. The maximum Gasteiger partial charge on any atom is 0.195 e. The normalized spacial score (nSPS) is 14.1. The van der Waals surface area contributed by atoms with Gasteiger partial charge in [0, 0.05) is 17.8 Å². The molecule has 0 spiro atoms. The van der Waals surface area contributed by atoms with E-state index in [1.807, 2.05) is 19.9 Å². The van der Waals surface area contributed by atoms with Gasteiger partial charge in [0.2, 0.25) is 0 Å². The molecule has 0 saturated heterocycles. The Hall–Kier alpha value is -2.55. The molecule has 6 heteroatoms. The molecule has 0 unspecified atom stereocenters. The highest BCUT2D eigenvalue weighted by molar-refractivity contribution is 5.99. The highest BCUT2D eigenvalue weighted by Gasteiger charge is 2.14. The molecule has 6 nitrogen and oxygen atoms in total. The lowest BCUT2D eigenvalue weighted by atomic mass is 10.1. The molecule has 0 amide bonds. The Morgan fingerprint density at radius 3 is 2.95 bits per heavy atom.